The van der Waals surface area contributed by atoms with E-state index in [1.54, 1.807) is 17.0 Å². The lowest BCUT2D eigenvalue weighted by molar-refractivity contribution is -0.138. The van der Waals surface area contributed by atoms with Crippen LogP contribution in [0.5, 0.6) is 5.75 Å². The number of amides is 3. The number of aryl methyl sites for hydroxylation is 1. The number of likely N-dealkylation sites (tertiary alicyclic amines) is 2. The summed E-state index contributed by atoms with van der Waals surface area (Å²) in [5.74, 6) is 0.480. The molecule has 0 aliphatic carbocycles. The Bertz CT molecular complexity index is 1210. The number of piperidine rings is 1. The lowest BCUT2D eigenvalue weighted by Crippen LogP contribution is -2.49. The summed E-state index contributed by atoms with van der Waals surface area (Å²) in [6, 6.07) is 14.5. The van der Waals surface area contributed by atoms with Gasteiger partial charge < -0.3 is 19.9 Å². The van der Waals surface area contributed by atoms with E-state index in [1.165, 1.54) is 17.7 Å². The van der Waals surface area contributed by atoms with E-state index in [9.17, 15) is 18.8 Å². The van der Waals surface area contributed by atoms with Gasteiger partial charge in [0.25, 0.3) is 0 Å². The predicted octanol–water partition coefficient (Wildman–Crippen LogP) is 4.53. The second-order valence-corrected chi connectivity index (χ2v) is 12.0. The molecule has 3 aliphatic rings. The molecule has 1 spiro atoms. The summed E-state index contributed by atoms with van der Waals surface area (Å²) in [7, 11) is 0. The van der Waals surface area contributed by atoms with Crippen molar-refractivity contribution in [3.63, 3.8) is 0 Å². The number of hydrogen-bond donors (Lipinski definition) is 1. The molecule has 1 N–H and O–H groups in total. The van der Waals surface area contributed by atoms with Crippen molar-refractivity contribution in [2.24, 2.45) is 11.3 Å². The minimum atomic E-state index is -0.309. The molecule has 5 rings (SSSR count). The zero-order chi connectivity index (χ0) is 28.7. The Morgan fingerprint density at radius 2 is 1.76 bits per heavy atom. The first kappa shape index (κ1) is 29.1. The highest BCUT2D eigenvalue weighted by Crippen LogP contribution is 2.37. The number of carbonyl (C=O) groups excluding carboxylic acids is 3. The molecule has 8 heteroatoms. The number of nitrogens with zero attached hydrogens (tertiary/aromatic N) is 2. The SMILES string of the molecule is O=C1CCCOc2ccccc2CCCCC2(CCN(C(=O)C3CC(=O)N(CCc4ccc(F)cc4)C3)CC2)CN1. The van der Waals surface area contributed by atoms with Crippen LogP contribution in [0.25, 0.3) is 0 Å². The van der Waals surface area contributed by atoms with Crippen LogP contribution in [-0.4, -0.2) is 66.9 Å². The number of fused-ring (bicyclic) bond motifs is 1. The van der Waals surface area contributed by atoms with Crippen LogP contribution in [-0.2, 0) is 27.2 Å². The average Bonchev–Trinajstić information content (AvgIpc) is 3.36. The quantitative estimate of drug-likeness (QED) is 0.593. The molecule has 2 aromatic carbocycles. The van der Waals surface area contributed by atoms with Crippen molar-refractivity contribution in [2.45, 2.75) is 64.2 Å². The van der Waals surface area contributed by atoms with Gasteiger partial charge in [0.15, 0.2) is 0 Å². The highest BCUT2D eigenvalue weighted by Gasteiger charge is 2.40. The number of ether oxygens (including phenoxy) is 1. The molecule has 7 nitrogen and oxygen atoms in total. The van der Waals surface area contributed by atoms with E-state index in [2.05, 4.69) is 17.4 Å². The minimum absolute atomic E-state index is 0.0136. The molecule has 0 bridgehead atoms. The Labute approximate surface area is 242 Å². The van der Waals surface area contributed by atoms with Crippen molar-refractivity contribution in [3.8, 4) is 5.75 Å². The van der Waals surface area contributed by atoms with Gasteiger partial charge in [-0.3, -0.25) is 14.4 Å². The monoisotopic (exact) mass is 563 g/mol. The first-order valence-corrected chi connectivity index (χ1v) is 15.2. The molecule has 0 aromatic heterocycles. The number of benzene rings is 2. The van der Waals surface area contributed by atoms with Crippen LogP contribution < -0.4 is 10.1 Å². The first-order chi connectivity index (χ1) is 19.9. The third kappa shape index (κ3) is 7.66. The smallest absolute Gasteiger partial charge is 0.227 e. The molecule has 2 saturated heterocycles. The maximum absolute atomic E-state index is 13.4. The van der Waals surface area contributed by atoms with Crippen molar-refractivity contribution < 1.29 is 23.5 Å². The van der Waals surface area contributed by atoms with Gasteiger partial charge >= 0.3 is 0 Å². The maximum atomic E-state index is 13.4. The van der Waals surface area contributed by atoms with Gasteiger partial charge in [0.05, 0.1) is 12.5 Å². The Morgan fingerprint density at radius 3 is 2.56 bits per heavy atom. The van der Waals surface area contributed by atoms with Crippen LogP contribution in [0.3, 0.4) is 0 Å². The third-order valence-corrected chi connectivity index (χ3v) is 9.13. The second kappa shape index (κ2) is 13.5. The molecule has 2 fully saturated rings. The Balaban J connectivity index is 1.14. The molecule has 0 saturated carbocycles. The van der Waals surface area contributed by atoms with Crippen LogP contribution in [0, 0.1) is 17.2 Å². The fourth-order valence-electron chi connectivity index (χ4n) is 6.50. The van der Waals surface area contributed by atoms with Crippen molar-refractivity contribution in [1.29, 1.82) is 0 Å². The Morgan fingerprint density at radius 1 is 0.976 bits per heavy atom. The molecule has 41 heavy (non-hydrogen) atoms. The molecule has 220 valence electrons. The van der Waals surface area contributed by atoms with Crippen LogP contribution in [0.4, 0.5) is 4.39 Å². The van der Waals surface area contributed by atoms with Gasteiger partial charge in [0.1, 0.15) is 11.6 Å². The van der Waals surface area contributed by atoms with E-state index in [-0.39, 0.29) is 41.3 Å². The highest BCUT2D eigenvalue weighted by molar-refractivity contribution is 5.89. The molecular formula is C33H42FN3O4. The number of carbonyl (C=O) groups is 3. The van der Waals surface area contributed by atoms with Gasteiger partial charge in [0.2, 0.25) is 17.7 Å². The number of para-hydroxylation sites is 1. The number of nitrogens with one attached hydrogen (secondary N) is 1. The van der Waals surface area contributed by atoms with Crippen molar-refractivity contribution in [3.05, 3.63) is 65.5 Å². The Kier molecular flexibility index (Phi) is 9.57. The Hall–Kier alpha value is -3.42. The summed E-state index contributed by atoms with van der Waals surface area (Å²) >= 11 is 0. The average molecular weight is 564 g/mol. The summed E-state index contributed by atoms with van der Waals surface area (Å²) in [4.78, 5) is 42.4. The van der Waals surface area contributed by atoms with Gasteiger partial charge in [-0.2, -0.15) is 0 Å². The standard InChI is InChI=1S/C33H42FN3O4/c34-28-12-10-25(11-13-28)14-18-37-23-27(22-31(37)39)32(40)36-19-16-33(17-20-36)15-4-3-7-26-6-1-2-8-29(26)41-21-5-9-30(38)35-24-33/h1-2,6,8,10-13,27H,3-5,7,9,14-24H2,(H,35,38). The molecular weight excluding hydrogens is 521 g/mol. The molecule has 3 aliphatic heterocycles. The van der Waals surface area contributed by atoms with Crippen molar-refractivity contribution in [2.75, 3.05) is 39.3 Å². The molecule has 2 aromatic rings. The summed E-state index contributed by atoms with van der Waals surface area (Å²) in [5, 5.41) is 3.19. The number of halogens is 1. The fourth-order valence-corrected chi connectivity index (χ4v) is 6.50. The molecule has 1 unspecified atom stereocenters. The highest BCUT2D eigenvalue weighted by atomic mass is 19.1. The van der Waals surface area contributed by atoms with Crippen molar-refractivity contribution >= 4 is 17.7 Å². The molecule has 3 heterocycles. The predicted molar refractivity (Wildman–Crippen MR) is 155 cm³/mol. The molecule has 3 amide bonds. The van der Waals surface area contributed by atoms with E-state index in [1.807, 2.05) is 17.0 Å². The summed E-state index contributed by atoms with van der Waals surface area (Å²) < 4.78 is 19.2. The van der Waals surface area contributed by atoms with E-state index < -0.39 is 0 Å². The van der Waals surface area contributed by atoms with E-state index in [0.29, 0.717) is 58.6 Å². The van der Waals surface area contributed by atoms with Gasteiger partial charge in [-0.15, -0.1) is 0 Å². The topological polar surface area (TPSA) is 79.0 Å². The fraction of sp³-hybridized carbons (Fsp3) is 0.545. The van der Waals surface area contributed by atoms with E-state index in [0.717, 1.165) is 49.8 Å². The van der Waals surface area contributed by atoms with Gasteiger partial charge in [0, 0.05) is 45.6 Å². The molecule has 0 radical (unpaired) electrons. The van der Waals surface area contributed by atoms with Crippen molar-refractivity contribution in [1.82, 2.24) is 15.1 Å². The van der Waals surface area contributed by atoms with Crippen LogP contribution in [0.1, 0.15) is 62.5 Å². The zero-order valence-corrected chi connectivity index (χ0v) is 23.9. The minimum Gasteiger partial charge on any atom is -0.493 e. The lowest BCUT2D eigenvalue weighted by atomic mass is 9.74. The van der Waals surface area contributed by atoms with Gasteiger partial charge in [-0.05, 0) is 79.7 Å². The largest absolute Gasteiger partial charge is 0.493 e. The third-order valence-electron chi connectivity index (χ3n) is 9.13. The zero-order valence-electron chi connectivity index (χ0n) is 23.9. The summed E-state index contributed by atoms with van der Waals surface area (Å²) in [6.07, 6.45) is 7.81. The maximum Gasteiger partial charge on any atom is 0.227 e. The lowest BCUT2D eigenvalue weighted by Gasteiger charge is -2.43. The van der Waals surface area contributed by atoms with Crippen LogP contribution in [0.2, 0.25) is 0 Å². The summed E-state index contributed by atoms with van der Waals surface area (Å²) in [5.41, 5.74) is 2.18. The normalized spacial score (nSPS) is 22.0. The van der Waals surface area contributed by atoms with Gasteiger partial charge in [-0.1, -0.05) is 36.8 Å². The first-order valence-electron chi connectivity index (χ1n) is 15.2. The number of hydrogen-bond acceptors (Lipinski definition) is 4. The summed E-state index contributed by atoms with van der Waals surface area (Å²) in [6.45, 7) is 3.47. The molecule has 1 atom stereocenters. The van der Waals surface area contributed by atoms with Gasteiger partial charge in [-0.25, -0.2) is 4.39 Å². The number of rotatable bonds is 4. The van der Waals surface area contributed by atoms with E-state index >= 15 is 0 Å². The second-order valence-electron chi connectivity index (χ2n) is 12.0. The van der Waals surface area contributed by atoms with E-state index in [4.69, 9.17) is 4.74 Å². The van der Waals surface area contributed by atoms with Crippen LogP contribution in [0.15, 0.2) is 48.5 Å². The van der Waals surface area contributed by atoms with Crippen LogP contribution >= 0.6 is 0 Å².